The van der Waals surface area contributed by atoms with Crippen molar-refractivity contribution in [3.8, 4) is 0 Å². The van der Waals surface area contributed by atoms with E-state index in [9.17, 15) is 4.39 Å². The van der Waals surface area contributed by atoms with Gasteiger partial charge in [0.05, 0.1) is 5.69 Å². The van der Waals surface area contributed by atoms with Crippen LogP contribution < -0.4 is 5.32 Å². The van der Waals surface area contributed by atoms with E-state index in [-0.39, 0.29) is 11.9 Å². The normalized spacial score (nSPS) is 10.9. The van der Waals surface area contributed by atoms with Crippen molar-refractivity contribution >= 4 is 27.6 Å². The summed E-state index contributed by atoms with van der Waals surface area (Å²) in [6, 6.07) is 5.12. The highest BCUT2D eigenvalue weighted by atomic mass is 79.9. The van der Waals surface area contributed by atoms with Crippen LogP contribution in [0.1, 0.15) is 19.9 Å². The molecule has 2 rings (SSSR count). The number of para-hydroxylation sites is 1. The maximum Gasteiger partial charge on any atom is 0.207 e. The molecule has 0 radical (unpaired) electrons. The molecule has 5 heteroatoms. The number of rotatable bonds is 3. The smallest absolute Gasteiger partial charge is 0.207 e. The summed E-state index contributed by atoms with van der Waals surface area (Å²) in [5.41, 5.74) is 0.403. The van der Waals surface area contributed by atoms with Crippen molar-refractivity contribution in [1.29, 1.82) is 0 Å². The Morgan fingerprint density at radius 3 is 2.82 bits per heavy atom. The Morgan fingerprint density at radius 2 is 2.18 bits per heavy atom. The summed E-state index contributed by atoms with van der Waals surface area (Å²) in [5, 5.41) is 3.00. The molecule has 1 aromatic carbocycles. The van der Waals surface area contributed by atoms with E-state index in [1.54, 1.807) is 18.3 Å². The third-order valence-electron chi connectivity index (χ3n) is 2.42. The summed E-state index contributed by atoms with van der Waals surface area (Å²) in [6.45, 7) is 4.09. The van der Waals surface area contributed by atoms with Crippen molar-refractivity contribution in [3.05, 3.63) is 40.9 Å². The maximum atomic E-state index is 13.6. The number of hydrogen-bond acceptors (Lipinski definition) is 2. The van der Waals surface area contributed by atoms with Crippen molar-refractivity contribution in [3.63, 3.8) is 0 Å². The molecule has 17 heavy (non-hydrogen) atoms. The highest BCUT2D eigenvalue weighted by Crippen LogP contribution is 2.28. The summed E-state index contributed by atoms with van der Waals surface area (Å²) < 4.78 is 16.3. The standard InChI is InChI=1S/C12H13BrFN3/c1-8(2)17-7-6-15-12(17)16-11-9(13)4-3-5-10(11)14/h3-8H,1-2H3,(H,15,16). The molecule has 1 heterocycles. The molecule has 0 spiro atoms. The molecule has 0 saturated carbocycles. The van der Waals surface area contributed by atoms with Gasteiger partial charge >= 0.3 is 0 Å². The van der Waals surface area contributed by atoms with Crippen LogP contribution in [0.15, 0.2) is 35.1 Å². The van der Waals surface area contributed by atoms with E-state index in [4.69, 9.17) is 0 Å². The van der Waals surface area contributed by atoms with Gasteiger partial charge in [0.2, 0.25) is 5.95 Å². The third-order valence-corrected chi connectivity index (χ3v) is 3.09. The number of benzene rings is 1. The maximum absolute atomic E-state index is 13.6. The summed E-state index contributed by atoms with van der Waals surface area (Å²) >= 11 is 3.31. The van der Waals surface area contributed by atoms with Gasteiger partial charge in [-0.2, -0.15) is 0 Å². The van der Waals surface area contributed by atoms with Gasteiger partial charge in [-0.3, -0.25) is 0 Å². The lowest BCUT2D eigenvalue weighted by atomic mass is 10.3. The molecule has 1 N–H and O–H groups in total. The molecule has 0 bridgehead atoms. The van der Waals surface area contributed by atoms with Crippen molar-refractivity contribution < 1.29 is 4.39 Å². The van der Waals surface area contributed by atoms with E-state index in [0.717, 1.165) is 0 Å². The molecule has 90 valence electrons. The first-order valence-electron chi connectivity index (χ1n) is 5.33. The molecule has 0 aliphatic carbocycles. The number of hydrogen-bond donors (Lipinski definition) is 1. The second-order valence-electron chi connectivity index (χ2n) is 3.97. The summed E-state index contributed by atoms with van der Waals surface area (Å²) in [5.74, 6) is 0.323. The minimum absolute atomic E-state index is 0.269. The molecule has 0 fully saturated rings. The van der Waals surface area contributed by atoms with Crippen molar-refractivity contribution in [2.24, 2.45) is 0 Å². The van der Waals surface area contributed by atoms with Crippen molar-refractivity contribution in [2.75, 3.05) is 5.32 Å². The first-order chi connectivity index (χ1) is 8.09. The van der Waals surface area contributed by atoms with Crippen LogP contribution in [0.25, 0.3) is 0 Å². The second-order valence-corrected chi connectivity index (χ2v) is 4.83. The van der Waals surface area contributed by atoms with Gasteiger partial charge in [0.1, 0.15) is 5.82 Å². The fourth-order valence-corrected chi connectivity index (χ4v) is 2.00. The molecule has 3 nitrogen and oxygen atoms in total. The van der Waals surface area contributed by atoms with E-state index < -0.39 is 0 Å². The molecule has 0 unspecified atom stereocenters. The quantitative estimate of drug-likeness (QED) is 0.924. The molecule has 0 atom stereocenters. The average molecular weight is 298 g/mol. The van der Waals surface area contributed by atoms with Crippen molar-refractivity contribution in [2.45, 2.75) is 19.9 Å². The number of imidazole rings is 1. The molecule has 1 aromatic heterocycles. The van der Waals surface area contributed by atoms with E-state index in [1.165, 1.54) is 6.07 Å². The average Bonchev–Trinajstić information content (AvgIpc) is 2.72. The van der Waals surface area contributed by atoms with Gasteiger partial charge in [0.15, 0.2) is 0 Å². The minimum Gasteiger partial charge on any atom is -0.322 e. The molecule has 2 aromatic rings. The Bertz CT molecular complexity index is 502. The highest BCUT2D eigenvalue weighted by Gasteiger charge is 2.11. The summed E-state index contributed by atoms with van der Waals surface area (Å²) in [4.78, 5) is 4.18. The lowest BCUT2D eigenvalue weighted by Gasteiger charge is -2.14. The van der Waals surface area contributed by atoms with Crippen LogP contribution in [0.2, 0.25) is 0 Å². The molecule has 0 aliphatic heterocycles. The highest BCUT2D eigenvalue weighted by molar-refractivity contribution is 9.10. The number of aromatic nitrogens is 2. The van der Waals surface area contributed by atoms with Gasteiger partial charge in [0.25, 0.3) is 0 Å². The van der Waals surface area contributed by atoms with Gasteiger partial charge < -0.3 is 9.88 Å². The number of halogens is 2. The van der Waals surface area contributed by atoms with Crippen LogP contribution in [0.4, 0.5) is 16.0 Å². The molecular formula is C12H13BrFN3. The number of anilines is 2. The van der Waals surface area contributed by atoms with Gasteiger partial charge in [0, 0.05) is 22.9 Å². The largest absolute Gasteiger partial charge is 0.322 e. The van der Waals surface area contributed by atoms with E-state index in [1.807, 2.05) is 24.6 Å². The topological polar surface area (TPSA) is 29.9 Å². The SMILES string of the molecule is CC(C)n1ccnc1Nc1c(F)cccc1Br. The van der Waals surface area contributed by atoms with E-state index >= 15 is 0 Å². The summed E-state index contributed by atoms with van der Waals surface area (Å²) in [6.07, 6.45) is 3.55. The Kier molecular flexibility index (Phi) is 3.47. The Labute approximate surface area is 108 Å². The summed E-state index contributed by atoms with van der Waals surface area (Å²) in [7, 11) is 0. The van der Waals surface area contributed by atoms with Crippen LogP contribution in [-0.4, -0.2) is 9.55 Å². The van der Waals surface area contributed by atoms with Crippen LogP contribution in [-0.2, 0) is 0 Å². The number of nitrogens with zero attached hydrogens (tertiary/aromatic N) is 2. The second kappa shape index (κ2) is 4.87. The monoisotopic (exact) mass is 297 g/mol. The lowest BCUT2D eigenvalue weighted by molar-refractivity contribution is 0.604. The Morgan fingerprint density at radius 1 is 1.41 bits per heavy atom. The van der Waals surface area contributed by atoms with Gasteiger partial charge in [-0.25, -0.2) is 9.37 Å². The predicted molar refractivity (Wildman–Crippen MR) is 70.0 cm³/mol. The van der Waals surface area contributed by atoms with Crippen LogP contribution in [0, 0.1) is 5.82 Å². The van der Waals surface area contributed by atoms with E-state index in [2.05, 4.69) is 26.2 Å². The zero-order valence-corrected chi connectivity index (χ0v) is 11.2. The van der Waals surface area contributed by atoms with Gasteiger partial charge in [-0.15, -0.1) is 0 Å². The zero-order valence-electron chi connectivity index (χ0n) is 9.61. The Balaban J connectivity index is 2.35. The third kappa shape index (κ3) is 2.49. The first kappa shape index (κ1) is 12.1. The van der Waals surface area contributed by atoms with Crippen molar-refractivity contribution in [1.82, 2.24) is 9.55 Å². The van der Waals surface area contributed by atoms with Crippen LogP contribution in [0.5, 0.6) is 0 Å². The zero-order chi connectivity index (χ0) is 12.4. The van der Waals surface area contributed by atoms with Crippen LogP contribution >= 0.6 is 15.9 Å². The van der Waals surface area contributed by atoms with Gasteiger partial charge in [-0.05, 0) is 41.9 Å². The fourth-order valence-electron chi connectivity index (χ4n) is 1.56. The number of nitrogens with one attached hydrogen (secondary N) is 1. The molecule has 0 amide bonds. The lowest BCUT2D eigenvalue weighted by Crippen LogP contribution is -2.06. The van der Waals surface area contributed by atoms with Gasteiger partial charge in [-0.1, -0.05) is 6.07 Å². The molecular weight excluding hydrogens is 285 g/mol. The Hall–Kier alpha value is -1.36. The molecule has 0 saturated heterocycles. The van der Waals surface area contributed by atoms with E-state index in [0.29, 0.717) is 16.1 Å². The first-order valence-corrected chi connectivity index (χ1v) is 6.12. The molecule has 0 aliphatic rings. The van der Waals surface area contributed by atoms with Crippen LogP contribution in [0.3, 0.4) is 0 Å². The predicted octanol–water partition coefficient (Wildman–Crippen LogP) is 4.11. The minimum atomic E-state index is -0.308. The fraction of sp³-hybridized carbons (Fsp3) is 0.250.